The second-order valence-corrected chi connectivity index (χ2v) is 6.04. The number of carbonyl (C=O) groups excluding carboxylic acids is 1. The Balaban J connectivity index is 2.00. The van der Waals surface area contributed by atoms with Gasteiger partial charge in [0.05, 0.1) is 11.3 Å². The Morgan fingerprint density at radius 1 is 1.53 bits per heavy atom. The minimum Gasteiger partial charge on any atom is -0.378 e. The van der Waals surface area contributed by atoms with Gasteiger partial charge in [-0.3, -0.25) is 9.69 Å². The van der Waals surface area contributed by atoms with Crippen LogP contribution in [0.15, 0.2) is 0 Å². The molecule has 0 saturated carbocycles. The fourth-order valence-corrected chi connectivity index (χ4v) is 3.18. The maximum Gasteiger partial charge on any atom is 0.256 e. The second-order valence-electron chi connectivity index (χ2n) is 5.27. The number of hydrogen-bond donors (Lipinski definition) is 2. The van der Waals surface area contributed by atoms with Crippen LogP contribution in [0.2, 0.25) is 0 Å². The molecule has 2 rings (SSSR count). The van der Waals surface area contributed by atoms with E-state index < -0.39 is 0 Å². The average Bonchev–Trinajstić information content (AvgIpc) is 2.95. The van der Waals surface area contributed by atoms with Gasteiger partial charge in [0.2, 0.25) is 0 Å². The van der Waals surface area contributed by atoms with Crippen molar-refractivity contribution in [3.8, 4) is 0 Å². The van der Waals surface area contributed by atoms with Crippen molar-refractivity contribution in [3.05, 3.63) is 11.3 Å². The first kappa shape index (κ1) is 14.3. The standard InChI is InChI=1S/C13H22N4OS/c1-8(2)17-6-5-10(7-17)15-12(18)11-9(3)16-19-13(11)14-4/h8,10,14H,5-7H2,1-4H3,(H,15,18). The van der Waals surface area contributed by atoms with E-state index in [1.54, 1.807) is 0 Å². The summed E-state index contributed by atoms with van der Waals surface area (Å²) in [5.74, 6) is -0.00814. The number of rotatable bonds is 4. The molecule has 19 heavy (non-hydrogen) atoms. The molecule has 1 fully saturated rings. The fourth-order valence-electron chi connectivity index (χ4n) is 2.44. The van der Waals surface area contributed by atoms with E-state index in [1.165, 1.54) is 11.5 Å². The molecule has 0 radical (unpaired) electrons. The zero-order valence-electron chi connectivity index (χ0n) is 12.0. The highest BCUT2D eigenvalue weighted by Gasteiger charge is 2.27. The third-order valence-corrected chi connectivity index (χ3v) is 4.56. The Kier molecular flexibility index (Phi) is 4.42. The molecule has 0 aliphatic carbocycles. The van der Waals surface area contributed by atoms with Crippen LogP contribution in [0.25, 0.3) is 0 Å². The normalized spacial score (nSPS) is 19.9. The third kappa shape index (κ3) is 3.06. The lowest BCUT2D eigenvalue weighted by atomic mass is 10.2. The Hall–Kier alpha value is -1.14. The Morgan fingerprint density at radius 3 is 2.84 bits per heavy atom. The first-order chi connectivity index (χ1) is 9.02. The highest BCUT2D eigenvalue weighted by atomic mass is 32.1. The van der Waals surface area contributed by atoms with Crippen molar-refractivity contribution in [2.75, 3.05) is 25.5 Å². The quantitative estimate of drug-likeness (QED) is 0.882. The summed E-state index contributed by atoms with van der Waals surface area (Å²) in [4.78, 5) is 14.7. The molecule has 106 valence electrons. The van der Waals surface area contributed by atoms with E-state index in [2.05, 4.69) is 33.8 Å². The van der Waals surface area contributed by atoms with Gasteiger partial charge in [0.1, 0.15) is 5.00 Å². The van der Waals surface area contributed by atoms with Crippen LogP contribution in [0.1, 0.15) is 36.3 Å². The predicted octanol–water partition coefficient (Wildman–Crippen LogP) is 1.71. The van der Waals surface area contributed by atoms with Crippen molar-refractivity contribution in [2.24, 2.45) is 0 Å². The monoisotopic (exact) mass is 282 g/mol. The van der Waals surface area contributed by atoms with E-state index in [-0.39, 0.29) is 11.9 Å². The summed E-state index contributed by atoms with van der Waals surface area (Å²) in [7, 11) is 1.82. The van der Waals surface area contributed by atoms with Crippen molar-refractivity contribution in [3.63, 3.8) is 0 Å². The van der Waals surface area contributed by atoms with Crippen molar-refractivity contribution in [1.82, 2.24) is 14.6 Å². The molecule has 2 N–H and O–H groups in total. The van der Waals surface area contributed by atoms with Crippen LogP contribution in [0.3, 0.4) is 0 Å². The number of anilines is 1. The van der Waals surface area contributed by atoms with E-state index in [4.69, 9.17) is 0 Å². The van der Waals surface area contributed by atoms with Crippen LogP contribution >= 0.6 is 11.5 Å². The van der Waals surface area contributed by atoms with E-state index in [0.717, 1.165) is 30.2 Å². The number of likely N-dealkylation sites (tertiary alicyclic amines) is 1. The first-order valence-corrected chi connectivity index (χ1v) is 7.49. The van der Waals surface area contributed by atoms with Gasteiger partial charge < -0.3 is 10.6 Å². The van der Waals surface area contributed by atoms with Crippen LogP contribution < -0.4 is 10.6 Å². The van der Waals surface area contributed by atoms with Crippen molar-refractivity contribution < 1.29 is 4.79 Å². The van der Waals surface area contributed by atoms with Gasteiger partial charge in [-0.05, 0) is 38.7 Å². The smallest absolute Gasteiger partial charge is 0.256 e. The van der Waals surface area contributed by atoms with Gasteiger partial charge >= 0.3 is 0 Å². The summed E-state index contributed by atoms with van der Waals surface area (Å²) >= 11 is 1.34. The number of nitrogens with zero attached hydrogens (tertiary/aromatic N) is 2. The van der Waals surface area contributed by atoms with Crippen molar-refractivity contribution >= 4 is 22.4 Å². The molecule has 1 atom stereocenters. The van der Waals surface area contributed by atoms with Gasteiger partial charge in [-0.25, -0.2) is 0 Å². The molecule has 1 unspecified atom stereocenters. The highest BCUT2D eigenvalue weighted by Crippen LogP contribution is 2.24. The molecule has 1 aromatic rings. The lowest BCUT2D eigenvalue weighted by Crippen LogP contribution is -2.38. The molecular weight excluding hydrogens is 260 g/mol. The molecular formula is C13H22N4OS. The number of amides is 1. The molecule has 1 aliphatic rings. The second kappa shape index (κ2) is 5.88. The van der Waals surface area contributed by atoms with E-state index in [0.29, 0.717) is 11.6 Å². The summed E-state index contributed by atoms with van der Waals surface area (Å²) in [6.45, 7) is 8.26. The summed E-state index contributed by atoms with van der Waals surface area (Å²) in [6.07, 6.45) is 1.02. The van der Waals surface area contributed by atoms with Gasteiger partial charge in [0, 0.05) is 32.2 Å². The molecule has 0 bridgehead atoms. The van der Waals surface area contributed by atoms with Crippen LogP contribution in [0, 0.1) is 6.92 Å². The minimum absolute atomic E-state index is 0.00814. The molecule has 1 amide bonds. The van der Waals surface area contributed by atoms with Crippen LogP contribution in [-0.4, -0.2) is 47.4 Å². The van der Waals surface area contributed by atoms with Gasteiger partial charge in [-0.15, -0.1) is 0 Å². The van der Waals surface area contributed by atoms with E-state index >= 15 is 0 Å². The molecule has 1 saturated heterocycles. The number of nitrogens with one attached hydrogen (secondary N) is 2. The molecule has 0 aromatic carbocycles. The molecule has 1 aliphatic heterocycles. The van der Waals surface area contributed by atoms with Crippen LogP contribution in [0.5, 0.6) is 0 Å². The van der Waals surface area contributed by atoms with Gasteiger partial charge in [-0.2, -0.15) is 4.37 Å². The number of aromatic nitrogens is 1. The van der Waals surface area contributed by atoms with Gasteiger partial charge in [-0.1, -0.05) is 0 Å². The van der Waals surface area contributed by atoms with Crippen LogP contribution in [0.4, 0.5) is 5.00 Å². The lowest BCUT2D eigenvalue weighted by Gasteiger charge is -2.20. The highest BCUT2D eigenvalue weighted by molar-refractivity contribution is 7.10. The summed E-state index contributed by atoms with van der Waals surface area (Å²) in [5, 5.41) is 7.00. The van der Waals surface area contributed by atoms with E-state index in [1.807, 2.05) is 14.0 Å². The average molecular weight is 282 g/mol. The maximum atomic E-state index is 12.3. The van der Waals surface area contributed by atoms with E-state index in [9.17, 15) is 4.79 Å². The zero-order chi connectivity index (χ0) is 14.0. The maximum absolute atomic E-state index is 12.3. The zero-order valence-corrected chi connectivity index (χ0v) is 12.8. The fraction of sp³-hybridized carbons (Fsp3) is 0.692. The van der Waals surface area contributed by atoms with Gasteiger partial charge in [0.15, 0.2) is 0 Å². The van der Waals surface area contributed by atoms with Crippen molar-refractivity contribution in [2.45, 2.75) is 39.3 Å². The topological polar surface area (TPSA) is 57.3 Å². The predicted molar refractivity (Wildman–Crippen MR) is 79.0 cm³/mol. The lowest BCUT2D eigenvalue weighted by molar-refractivity contribution is 0.0937. The molecule has 1 aromatic heterocycles. The summed E-state index contributed by atoms with van der Waals surface area (Å²) in [6, 6.07) is 0.790. The molecule has 2 heterocycles. The number of aryl methyl sites for hydroxylation is 1. The molecule has 0 spiro atoms. The Bertz CT molecular complexity index is 457. The molecule has 5 nitrogen and oxygen atoms in total. The number of carbonyl (C=O) groups is 1. The largest absolute Gasteiger partial charge is 0.378 e. The summed E-state index contributed by atoms with van der Waals surface area (Å²) in [5.41, 5.74) is 1.49. The SMILES string of the molecule is CNc1snc(C)c1C(=O)NC1CCN(C(C)C)C1. The minimum atomic E-state index is -0.00814. The van der Waals surface area contributed by atoms with Crippen LogP contribution in [-0.2, 0) is 0 Å². The Labute approximate surface area is 118 Å². The Morgan fingerprint density at radius 2 is 2.26 bits per heavy atom. The van der Waals surface area contributed by atoms with Gasteiger partial charge in [0.25, 0.3) is 5.91 Å². The molecule has 6 heteroatoms. The third-order valence-electron chi connectivity index (χ3n) is 3.60. The first-order valence-electron chi connectivity index (χ1n) is 6.71. The summed E-state index contributed by atoms with van der Waals surface area (Å²) < 4.78 is 4.23. The van der Waals surface area contributed by atoms with Crippen molar-refractivity contribution in [1.29, 1.82) is 0 Å². The number of hydrogen-bond acceptors (Lipinski definition) is 5.